The largest absolute Gasteiger partial charge is 0.507 e. The Morgan fingerprint density at radius 3 is 2.00 bits per heavy atom. The Bertz CT molecular complexity index is 991. The fraction of sp³-hybridized carbons (Fsp3) is 0.417. The summed E-state index contributed by atoms with van der Waals surface area (Å²) < 4.78 is 10.4. The van der Waals surface area contributed by atoms with Crippen molar-refractivity contribution < 1.29 is 24.2 Å². The Balaban J connectivity index is 2.38. The van der Waals surface area contributed by atoms with Crippen molar-refractivity contribution in [2.75, 3.05) is 34.8 Å². The van der Waals surface area contributed by atoms with Gasteiger partial charge in [-0.25, -0.2) is 4.79 Å². The Hall–Kier alpha value is -2.32. The van der Waals surface area contributed by atoms with E-state index in [0.717, 1.165) is 0 Å². The molecule has 0 aliphatic heterocycles. The molecule has 9 heteroatoms. The molecule has 0 saturated heterocycles. The molecule has 2 aromatic carbocycles. The molecule has 0 spiro atoms. The first-order valence-corrected chi connectivity index (χ1v) is 11.2. The number of rotatable bonds is 10. The molecule has 0 aliphatic rings. The predicted molar refractivity (Wildman–Crippen MR) is 130 cm³/mol. The van der Waals surface area contributed by atoms with E-state index in [0.29, 0.717) is 29.8 Å². The van der Waals surface area contributed by atoms with Crippen LogP contribution in [0, 0.1) is 0 Å². The normalized spacial score (nSPS) is 11.4. The lowest BCUT2D eigenvalue weighted by molar-refractivity contribution is -0.149. The van der Waals surface area contributed by atoms with E-state index in [-0.39, 0.29) is 45.6 Å². The van der Waals surface area contributed by atoms with Crippen LogP contribution in [0.25, 0.3) is 0 Å². The van der Waals surface area contributed by atoms with E-state index < -0.39 is 5.97 Å². The lowest BCUT2D eigenvalue weighted by Crippen LogP contribution is -2.19. The summed E-state index contributed by atoms with van der Waals surface area (Å²) in [7, 11) is 7.52. The second-order valence-corrected chi connectivity index (χ2v) is 9.27. The first kappa shape index (κ1) is 26.9. The molecule has 0 amide bonds. The molecule has 0 aliphatic carbocycles. The van der Waals surface area contributed by atoms with E-state index in [2.05, 4.69) is 0 Å². The first-order chi connectivity index (χ1) is 15.4. The van der Waals surface area contributed by atoms with Crippen LogP contribution in [0.1, 0.15) is 40.9 Å². The van der Waals surface area contributed by atoms with Gasteiger partial charge in [0.2, 0.25) is 0 Å². The van der Waals surface area contributed by atoms with Crippen molar-refractivity contribution in [2.45, 2.75) is 33.0 Å². The van der Waals surface area contributed by atoms with Crippen LogP contribution >= 0.6 is 23.2 Å². The van der Waals surface area contributed by atoms with Crippen LogP contribution in [0.4, 0.5) is 0 Å². The van der Waals surface area contributed by atoms with Gasteiger partial charge in [-0.2, -0.15) is 0 Å². The highest BCUT2D eigenvalue weighted by molar-refractivity contribution is 6.45. The Morgan fingerprint density at radius 1 is 0.970 bits per heavy atom. The van der Waals surface area contributed by atoms with Crippen molar-refractivity contribution in [3.05, 3.63) is 56.6 Å². The average molecular weight is 497 g/mol. The van der Waals surface area contributed by atoms with E-state index >= 15 is 0 Å². The van der Waals surface area contributed by atoms with Crippen LogP contribution in [0.2, 0.25) is 10.0 Å². The third-order valence-corrected chi connectivity index (χ3v) is 5.37. The van der Waals surface area contributed by atoms with Crippen molar-refractivity contribution in [2.24, 2.45) is 0 Å². The molecule has 1 N–H and O–H groups in total. The summed E-state index contributed by atoms with van der Waals surface area (Å²) in [5.41, 5.74) is 1.84. The number of halogens is 2. The third-order valence-electron chi connectivity index (χ3n) is 4.51. The van der Waals surface area contributed by atoms with Crippen LogP contribution in [0.3, 0.4) is 0 Å². The van der Waals surface area contributed by atoms with E-state index in [4.69, 9.17) is 32.7 Å². The predicted octanol–water partition coefficient (Wildman–Crippen LogP) is 4.38. The van der Waals surface area contributed by atoms with Crippen LogP contribution in [0.5, 0.6) is 11.5 Å². The number of hydrogen-bond acceptors (Lipinski definition) is 7. The fourth-order valence-electron chi connectivity index (χ4n) is 3.22. The Kier molecular flexibility index (Phi) is 9.55. The maximum Gasteiger partial charge on any atom is 0.344 e. The summed E-state index contributed by atoms with van der Waals surface area (Å²) in [6, 6.07) is 6.32. The Morgan fingerprint density at radius 2 is 1.52 bits per heavy atom. The minimum absolute atomic E-state index is 0.0211. The van der Waals surface area contributed by atoms with Crippen LogP contribution in [-0.4, -0.2) is 67.6 Å². The SMILES string of the molecule is CC(C)OC(=O)COc1ccc(C(=O)c2cc(CN(C)C)c(O)c(CN(C)C)c2)c(Cl)c1Cl. The molecular weight excluding hydrogens is 467 g/mol. The molecule has 0 bridgehead atoms. The number of esters is 1. The van der Waals surface area contributed by atoms with Crippen LogP contribution in [-0.2, 0) is 22.6 Å². The Labute approximate surface area is 204 Å². The molecule has 33 heavy (non-hydrogen) atoms. The number of ether oxygens (including phenoxy) is 2. The van der Waals surface area contributed by atoms with Gasteiger partial charge >= 0.3 is 5.97 Å². The van der Waals surface area contributed by atoms with Crippen LogP contribution in [0.15, 0.2) is 24.3 Å². The smallest absolute Gasteiger partial charge is 0.344 e. The molecule has 2 rings (SSSR count). The van der Waals surface area contributed by atoms with Gasteiger partial charge in [-0.05, 0) is 66.3 Å². The summed E-state index contributed by atoms with van der Waals surface area (Å²) in [4.78, 5) is 28.9. The topological polar surface area (TPSA) is 79.3 Å². The molecule has 2 aromatic rings. The number of hydrogen-bond donors (Lipinski definition) is 1. The summed E-state index contributed by atoms with van der Waals surface area (Å²) in [6.07, 6.45) is -0.264. The highest BCUT2D eigenvalue weighted by Gasteiger charge is 2.21. The number of carbonyl (C=O) groups excluding carboxylic acids is 2. The minimum Gasteiger partial charge on any atom is -0.507 e. The highest BCUT2D eigenvalue weighted by atomic mass is 35.5. The second-order valence-electron chi connectivity index (χ2n) is 8.51. The average Bonchev–Trinajstić information content (AvgIpc) is 2.70. The molecule has 0 heterocycles. The van der Waals surface area contributed by atoms with Crippen molar-refractivity contribution in [3.63, 3.8) is 0 Å². The fourth-order valence-corrected chi connectivity index (χ4v) is 3.68. The molecule has 0 saturated carbocycles. The lowest BCUT2D eigenvalue weighted by Gasteiger charge is -2.18. The van der Waals surface area contributed by atoms with E-state index in [1.54, 1.807) is 26.0 Å². The summed E-state index contributed by atoms with van der Waals surface area (Å²) in [5, 5.41) is 10.7. The summed E-state index contributed by atoms with van der Waals surface area (Å²) >= 11 is 12.7. The zero-order valence-corrected chi connectivity index (χ0v) is 21.3. The monoisotopic (exact) mass is 496 g/mol. The van der Waals surface area contributed by atoms with Gasteiger partial charge in [0, 0.05) is 35.3 Å². The molecule has 0 unspecified atom stereocenters. The number of ketones is 1. The summed E-state index contributed by atoms with van der Waals surface area (Å²) in [6.45, 7) is 4.06. The molecule has 0 aromatic heterocycles. The number of carbonyl (C=O) groups is 2. The van der Waals surface area contributed by atoms with Crippen molar-refractivity contribution in [1.29, 1.82) is 0 Å². The maximum atomic E-state index is 13.3. The first-order valence-electron chi connectivity index (χ1n) is 10.4. The number of phenols is 1. The second kappa shape index (κ2) is 11.7. The third kappa shape index (κ3) is 7.33. The van der Waals surface area contributed by atoms with Crippen molar-refractivity contribution in [1.82, 2.24) is 9.80 Å². The lowest BCUT2D eigenvalue weighted by atomic mass is 9.97. The van der Waals surface area contributed by atoms with Gasteiger partial charge in [-0.15, -0.1) is 0 Å². The minimum atomic E-state index is -0.539. The number of aromatic hydroxyl groups is 1. The molecule has 7 nitrogen and oxygen atoms in total. The molecule has 180 valence electrons. The zero-order valence-electron chi connectivity index (χ0n) is 19.7. The van der Waals surface area contributed by atoms with Crippen LogP contribution < -0.4 is 4.74 Å². The number of phenolic OH excluding ortho intramolecular Hbond substituents is 1. The molecule has 0 atom stereocenters. The van der Waals surface area contributed by atoms with Gasteiger partial charge < -0.3 is 24.4 Å². The van der Waals surface area contributed by atoms with Gasteiger partial charge in [0.1, 0.15) is 16.5 Å². The van der Waals surface area contributed by atoms with Crippen molar-refractivity contribution >= 4 is 35.0 Å². The quantitative estimate of drug-likeness (QED) is 0.386. The van der Waals surface area contributed by atoms with Gasteiger partial charge in [-0.3, -0.25) is 4.79 Å². The number of nitrogens with zero attached hydrogens (tertiary/aromatic N) is 2. The van der Waals surface area contributed by atoms with Gasteiger partial charge in [0.25, 0.3) is 0 Å². The van der Waals surface area contributed by atoms with E-state index in [9.17, 15) is 14.7 Å². The number of benzene rings is 2. The van der Waals surface area contributed by atoms with E-state index in [1.807, 2.05) is 38.0 Å². The molecule has 0 fully saturated rings. The summed E-state index contributed by atoms with van der Waals surface area (Å²) in [5.74, 6) is -0.544. The van der Waals surface area contributed by atoms with Gasteiger partial charge in [0.15, 0.2) is 12.4 Å². The standard InChI is InChI=1S/C24H30Cl2N2O5/c1-14(2)33-20(29)13-32-19-8-7-18(21(25)22(19)26)24(31)15-9-16(11-27(3)4)23(30)17(10-15)12-28(5)6/h7-10,14,30H,11-13H2,1-6H3. The molecule has 0 radical (unpaired) electrons. The zero-order chi connectivity index (χ0) is 24.9. The van der Waals surface area contributed by atoms with Gasteiger partial charge in [0.05, 0.1) is 11.1 Å². The maximum absolute atomic E-state index is 13.3. The highest BCUT2D eigenvalue weighted by Crippen LogP contribution is 2.36. The van der Waals surface area contributed by atoms with Gasteiger partial charge in [-0.1, -0.05) is 23.2 Å². The van der Waals surface area contributed by atoms with E-state index in [1.165, 1.54) is 12.1 Å². The molecular formula is C24H30Cl2N2O5. The van der Waals surface area contributed by atoms with Crippen molar-refractivity contribution in [3.8, 4) is 11.5 Å².